The van der Waals surface area contributed by atoms with Crippen molar-refractivity contribution in [1.82, 2.24) is 9.80 Å². The smallest absolute Gasteiger partial charge is 0.416 e. The second-order valence-electron chi connectivity index (χ2n) is 12.2. The largest absolute Gasteiger partial charge is 0.497 e. The number of ether oxygens (including phenoxy) is 1. The van der Waals surface area contributed by atoms with Crippen LogP contribution in [0.5, 0.6) is 5.75 Å². The van der Waals surface area contributed by atoms with Gasteiger partial charge in [0.1, 0.15) is 5.75 Å². The van der Waals surface area contributed by atoms with E-state index in [0.29, 0.717) is 37.9 Å². The Hall–Kier alpha value is -2.45. The number of methoxy groups -OCH3 is 1. The van der Waals surface area contributed by atoms with Crippen LogP contribution in [0.15, 0.2) is 42.5 Å². The molecule has 222 valence electrons. The molecule has 1 saturated carbocycles. The van der Waals surface area contributed by atoms with Crippen LogP contribution >= 0.6 is 11.6 Å². The van der Waals surface area contributed by atoms with E-state index in [9.17, 15) is 18.0 Å². The van der Waals surface area contributed by atoms with Crippen molar-refractivity contribution in [2.45, 2.75) is 68.0 Å². The molecular weight excluding hydrogens is 551 g/mol. The average molecular weight is 590 g/mol. The van der Waals surface area contributed by atoms with Crippen LogP contribution in [0, 0.1) is 5.92 Å². The lowest BCUT2D eigenvalue weighted by atomic mass is 9.84. The topological polar surface area (TPSA) is 36.0 Å². The van der Waals surface area contributed by atoms with Gasteiger partial charge in [0, 0.05) is 62.3 Å². The first-order chi connectivity index (χ1) is 19.7. The molecule has 0 spiro atoms. The molecule has 4 fully saturated rings. The fourth-order valence-electron chi connectivity index (χ4n) is 7.08. The van der Waals surface area contributed by atoms with Crippen LogP contribution in [0.25, 0.3) is 0 Å². The zero-order valence-electron chi connectivity index (χ0n) is 23.6. The Morgan fingerprint density at radius 2 is 1.59 bits per heavy atom. The molecule has 1 amide bonds. The second kappa shape index (κ2) is 11.7. The van der Waals surface area contributed by atoms with Crippen molar-refractivity contribution in [1.29, 1.82) is 0 Å². The number of carbonyl (C=O) groups is 1. The maximum Gasteiger partial charge on any atom is 0.416 e. The van der Waals surface area contributed by atoms with Crippen LogP contribution in [0.2, 0.25) is 0 Å². The van der Waals surface area contributed by atoms with Gasteiger partial charge < -0.3 is 14.5 Å². The predicted octanol–water partition coefficient (Wildman–Crippen LogP) is 6.51. The molecule has 0 bridgehead atoms. The van der Waals surface area contributed by atoms with Crippen molar-refractivity contribution < 1.29 is 22.7 Å². The van der Waals surface area contributed by atoms with Gasteiger partial charge in [0.05, 0.1) is 18.6 Å². The lowest BCUT2D eigenvalue weighted by Gasteiger charge is -2.38. The molecule has 0 radical (unpaired) electrons. The molecule has 0 aromatic heterocycles. The molecule has 3 saturated heterocycles. The van der Waals surface area contributed by atoms with Gasteiger partial charge in [0.15, 0.2) is 0 Å². The fourth-order valence-corrected chi connectivity index (χ4v) is 7.28. The Morgan fingerprint density at radius 1 is 0.902 bits per heavy atom. The molecule has 2 atom stereocenters. The first kappa shape index (κ1) is 28.7. The number of hydrogen-bond donors (Lipinski definition) is 0. The van der Waals surface area contributed by atoms with Gasteiger partial charge in [-0.2, -0.15) is 13.2 Å². The summed E-state index contributed by atoms with van der Waals surface area (Å²) in [6, 6.07) is 12.9. The quantitative estimate of drug-likeness (QED) is 0.360. The van der Waals surface area contributed by atoms with Gasteiger partial charge in [-0.05, 0) is 79.8 Å². The molecule has 0 N–H and O–H groups in total. The number of benzene rings is 2. The minimum absolute atomic E-state index is 0.0721. The maximum atomic E-state index is 14.0. The summed E-state index contributed by atoms with van der Waals surface area (Å²) in [5.41, 5.74) is 2.22. The van der Waals surface area contributed by atoms with Gasteiger partial charge in [0.25, 0.3) is 0 Å². The molecule has 5 nitrogen and oxygen atoms in total. The number of halogens is 4. The number of anilines is 1. The molecule has 41 heavy (non-hydrogen) atoms. The molecule has 4 aliphatic rings. The van der Waals surface area contributed by atoms with E-state index in [1.54, 1.807) is 13.2 Å². The van der Waals surface area contributed by atoms with Crippen molar-refractivity contribution in [3.63, 3.8) is 0 Å². The minimum atomic E-state index is -4.38. The molecule has 3 heterocycles. The number of amides is 1. The average Bonchev–Trinajstić information content (AvgIpc) is 3.75. The van der Waals surface area contributed by atoms with Gasteiger partial charge >= 0.3 is 6.18 Å². The van der Waals surface area contributed by atoms with Gasteiger partial charge in [0.2, 0.25) is 5.91 Å². The maximum absolute atomic E-state index is 14.0. The molecule has 1 aliphatic carbocycles. The minimum Gasteiger partial charge on any atom is -0.497 e. The molecule has 2 aromatic rings. The van der Waals surface area contributed by atoms with Crippen LogP contribution in [-0.2, 0) is 11.0 Å². The van der Waals surface area contributed by atoms with E-state index in [-0.39, 0.29) is 29.0 Å². The van der Waals surface area contributed by atoms with E-state index in [1.165, 1.54) is 30.5 Å². The monoisotopic (exact) mass is 589 g/mol. The summed E-state index contributed by atoms with van der Waals surface area (Å²) in [5.74, 6) is 1.21. The number of carbonyl (C=O) groups excluding carboxylic acids is 1. The lowest BCUT2D eigenvalue weighted by Crippen LogP contribution is -2.43. The third-order valence-electron chi connectivity index (χ3n) is 9.64. The molecular formula is C32H39ClF3N3O2. The van der Waals surface area contributed by atoms with Crippen molar-refractivity contribution in [2.24, 2.45) is 5.92 Å². The van der Waals surface area contributed by atoms with Crippen molar-refractivity contribution >= 4 is 23.2 Å². The number of piperidine rings is 2. The number of rotatable bonds is 6. The molecule has 0 unspecified atom stereocenters. The SMILES string of the molecule is COc1ccc([C@@H]2CN(C3CC3)C[C@H]2C(=O)N2CCC(c3ccc(C(F)(F)F)cc3N3CCC(Cl)CC3)CC2)cc1. The Kier molecular flexibility index (Phi) is 8.16. The fraction of sp³-hybridized carbons (Fsp3) is 0.594. The van der Waals surface area contributed by atoms with E-state index in [0.717, 1.165) is 50.1 Å². The van der Waals surface area contributed by atoms with Crippen LogP contribution in [0.1, 0.15) is 67.1 Å². The zero-order valence-corrected chi connectivity index (χ0v) is 24.3. The summed E-state index contributed by atoms with van der Waals surface area (Å²) >= 11 is 6.30. The first-order valence-corrected chi connectivity index (χ1v) is 15.4. The van der Waals surface area contributed by atoms with Gasteiger partial charge in [-0.3, -0.25) is 9.69 Å². The normalized spacial score (nSPS) is 25.1. The summed E-state index contributed by atoms with van der Waals surface area (Å²) in [7, 11) is 1.66. The Morgan fingerprint density at radius 3 is 2.20 bits per heavy atom. The van der Waals surface area contributed by atoms with Gasteiger partial charge in [-0.15, -0.1) is 11.6 Å². The van der Waals surface area contributed by atoms with Gasteiger partial charge in [-0.25, -0.2) is 0 Å². The molecule has 3 aliphatic heterocycles. The van der Waals surface area contributed by atoms with Crippen molar-refractivity contribution in [2.75, 3.05) is 51.3 Å². The van der Waals surface area contributed by atoms with E-state index < -0.39 is 11.7 Å². The van der Waals surface area contributed by atoms with E-state index in [4.69, 9.17) is 16.3 Å². The van der Waals surface area contributed by atoms with Gasteiger partial charge in [-0.1, -0.05) is 18.2 Å². The predicted molar refractivity (Wildman–Crippen MR) is 155 cm³/mol. The zero-order chi connectivity index (χ0) is 28.7. The molecule has 2 aromatic carbocycles. The summed E-state index contributed by atoms with van der Waals surface area (Å²) in [6.07, 6.45) is 1.06. The highest BCUT2D eigenvalue weighted by Gasteiger charge is 2.45. The highest BCUT2D eigenvalue weighted by Crippen LogP contribution is 2.43. The Labute approximate surface area is 245 Å². The van der Waals surface area contributed by atoms with Crippen LogP contribution < -0.4 is 9.64 Å². The number of hydrogen-bond acceptors (Lipinski definition) is 4. The highest BCUT2D eigenvalue weighted by molar-refractivity contribution is 6.20. The van der Waals surface area contributed by atoms with E-state index in [2.05, 4.69) is 21.9 Å². The van der Waals surface area contributed by atoms with Crippen LogP contribution in [0.3, 0.4) is 0 Å². The third-order valence-corrected chi connectivity index (χ3v) is 10.1. The number of nitrogens with zero attached hydrogens (tertiary/aromatic N) is 3. The Bertz CT molecular complexity index is 1220. The molecule has 9 heteroatoms. The summed E-state index contributed by atoms with van der Waals surface area (Å²) in [4.78, 5) is 20.5. The molecule has 6 rings (SSSR count). The summed E-state index contributed by atoms with van der Waals surface area (Å²) in [6.45, 7) is 4.26. The standard InChI is InChI=1S/C32H39ClF3N3O2/c1-41-26-7-2-21(3-8-26)28-19-39(25-5-6-25)20-29(28)31(40)38-14-10-22(11-15-38)27-9-4-23(32(34,35)36)18-30(27)37-16-12-24(33)13-17-37/h2-4,7-9,18,22,24-25,28-29H,5-6,10-17,19-20H2,1H3/t28-,29+/m0/s1. The van der Waals surface area contributed by atoms with Crippen LogP contribution in [-0.4, -0.2) is 73.5 Å². The Balaban J connectivity index is 1.17. The lowest BCUT2D eigenvalue weighted by molar-refractivity contribution is -0.138. The highest BCUT2D eigenvalue weighted by atomic mass is 35.5. The number of likely N-dealkylation sites (tertiary alicyclic amines) is 2. The van der Waals surface area contributed by atoms with Crippen LogP contribution in [0.4, 0.5) is 18.9 Å². The third kappa shape index (κ3) is 6.19. The first-order valence-electron chi connectivity index (χ1n) is 15.0. The van der Waals surface area contributed by atoms with Crippen molar-refractivity contribution in [3.8, 4) is 5.75 Å². The summed E-state index contributed by atoms with van der Waals surface area (Å²) in [5, 5.41) is 0.0721. The summed E-state index contributed by atoms with van der Waals surface area (Å²) < 4.78 is 46.3. The van der Waals surface area contributed by atoms with E-state index in [1.807, 2.05) is 17.0 Å². The van der Waals surface area contributed by atoms with E-state index >= 15 is 0 Å². The number of alkyl halides is 4. The second-order valence-corrected chi connectivity index (χ2v) is 12.8. The van der Waals surface area contributed by atoms with Crippen molar-refractivity contribution in [3.05, 3.63) is 59.2 Å².